The summed E-state index contributed by atoms with van der Waals surface area (Å²) in [5, 5.41) is 3.81. The summed E-state index contributed by atoms with van der Waals surface area (Å²) in [6.45, 7) is 13.5. The smallest absolute Gasteiger partial charge is 0.00979 e. The van der Waals surface area contributed by atoms with Gasteiger partial charge in [0, 0.05) is 12.1 Å². The fourth-order valence-corrected chi connectivity index (χ4v) is 4.23. The van der Waals surface area contributed by atoms with Gasteiger partial charge in [0.25, 0.3) is 0 Å². The Bertz CT molecular complexity index is 274. The first kappa shape index (κ1) is 15.3. The van der Waals surface area contributed by atoms with Crippen molar-refractivity contribution >= 4 is 0 Å². The van der Waals surface area contributed by atoms with Gasteiger partial charge in [0.1, 0.15) is 0 Å². The van der Waals surface area contributed by atoms with E-state index in [2.05, 4.69) is 37.9 Å². The van der Waals surface area contributed by atoms with Gasteiger partial charge in [-0.15, -0.1) is 0 Å². The monoisotopic (exact) mass is 266 g/mol. The fraction of sp³-hybridized carbons (Fsp3) is 1.00. The maximum Gasteiger partial charge on any atom is 0.00979 e. The van der Waals surface area contributed by atoms with Gasteiger partial charge in [0.2, 0.25) is 0 Å². The molecule has 1 aliphatic heterocycles. The molecule has 1 heterocycles. The van der Waals surface area contributed by atoms with E-state index in [1.807, 2.05) is 0 Å². The van der Waals surface area contributed by atoms with Gasteiger partial charge in [-0.25, -0.2) is 0 Å². The van der Waals surface area contributed by atoms with Crippen molar-refractivity contribution in [2.24, 2.45) is 11.3 Å². The fourth-order valence-electron chi connectivity index (χ4n) is 4.23. The molecule has 2 aliphatic rings. The zero-order valence-corrected chi connectivity index (χ0v) is 13.5. The van der Waals surface area contributed by atoms with E-state index in [9.17, 15) is 0 Å². The van der Waals surface area contributed by atoms with Gasteiger partial charge in [-0.2, -0.15) is 0 Å². The predicted molar refractivity (Wildman–Crippen MR) is 83.5 cm³/mol. The summed E-state index contributed by atoms with van der Waals surface area (Å²) >= 11 is 0. The zero-order chi connectivity index (χ0) is 13.9. The molecule has 1 N–H and O–H groups in total. The molecule has 1 saturated heterocycles. The van der Waals surface area contributed by atoms with Gasteiger partial charge in [-0.1, -0.05) is 27.2 Å². The predicted octanol–water partition coefficient (Wildman–Crippen LogP) is 3.67. The van der Waals surface area contributed by atoms with Crippen LogP contribution in [0.5, 0.6) is 0 Å². The van der Waals surface area contributed by atoms with E-state index < -0.39 is 0 Å². The molecule has 3 unspecified atom stereocenters. The van der Waals surface area contributed by atoms with Gasteiger partial charge in [-0.05, 0) is 70.0 Å². The van der Waals surface area contributed by atoms with Crippen LogP contribution in [0.25, 0.3) is 0 Å². The van der Waals surface area contributed by atoms with Gasteiger partial charge in [0.15, 0.2) is 0 Å². The standard InChI is InChI=1S/C17H34N2/c1-14-12-17(3,4)13-16(14)18-9-7-11-19-10-6-5-8-15(19)2/h14-16,18H,5-13H2,1-4H3. The van der Waals surface area contributed by atoms with Crippen LogP contribution in [-0.2, 0) is 0 Å². The van der Waals surface area contributed by atoms with Gasteiger partial charge in [0.05, 0.1) is 0 Å². The van der Waals surface area contributed by atoms with E-state index in [4.69, 9.17) is 0 Å². The number of nitrogens with one attached hydrogen (secondary N) is 1. The second-order valence-corrected chi connectivity index (χ2v) is 7.84. The Hall–Kier alpha value is -0.0800. The van der Waals surface area contributed by atoms with E-state index >= 15 is 0 Å². The summed E-state index contributed by atoms with van der Waals surface area (Å²) in [7, 11) is 0. The van der Waals surface area contributed by atoms with E-state index in [1.54, 1.807) is 0 Å². The number of nitrogens with zero attached hydrogens (tertiary/aromatic N) is 1. The summed E-state index contributed by atoms with van der Waals surface area (Å²) < 4.78 is 0. The van der Waals surface area contributed by atoms with Crippen LogP contribution in [0.4, 0.5) is 0 Å². The van der Waals surface area contributed by atoms with E-state index in [1.165, 1.54) is 58.2 Å². The van der Waals surface area contributed by atoms with Crippen LogP contribution in [-0.4, -0.2) is 36.6 Å². The highest BCUT2D eigenvalue weighted by atomic mass is 15.2. The summed E-state index contributed by atoms with van der Waals surface area (Å²) in [5.41, 5.74) is 0.554. The maximum absolute atomic E-state index is 3.81. The van der Waals surface area contributed by atoms with Gasteiger partial charge < -0.3 is 10.2 Å². The molecule has 0 aromatic rings. The number of hydrogen-bond acceptors (Lipinski definition) is 2. The van der Waals surface area contributed by atoms with Crippen molar-refractivity contribution in [3.05, 3.63) is 0 Å². The summed E-state index contributed by atoms with van der Waals surface area (Å²) in [4.78, 5) is 2.69. The maximum atomic E-state index is 3.81. The lowest BCUT2D eigenvalue weighted by molar-refractivity contribution is 0.158. The Morgan fingerprint density at radius 2 is 1.95 bits per heavy atom. The minimum absolute atomic E-state index is 0.554. The summed E-state index contributed by atoms with van der Waals surface area (Å²) in [6.07, 6.45) is 8.30. The van der Waals surface area contributed by atoms with Crippen LogP contribution < -0.4 is 5.32 Å². The lowest BCUT2D eigenvalue weighted by Gasteiger charge is -2.33. The Balaban J connectivity index is 1.62. The molecule has 112 valence electrons. The zero-order valence-electron chi connectivity index (χ0n) is 13.5. The van der Waals surface area contributed by atoms with Crippen LogP contribution in [0.3, 0.4) is 0 Å². The van der Waals surface area contributed by atoms with Crippen molar-refractivity contribution in [2.75, 3.05) is 19.6 Å². The highest BCUT2D eigenvalue weighted by Gasteiger charge is 2.36. The average molecular weight is 266 g/mol. The van der Waals surface area contributed by atoms with Crippen LogP contribution in [0, 0.1) is 11.3 Å². The molecule has 1 aliphatic carbocycles. The molecule has 0 amide bonds. The number of hydrogen-bond donors (Lipinski definition) is 1. The van der Waals surface area contributed by atoms with E-state index in [0.717, 1.165) is 18.0 Å². The molecule has 0 aromatic carbocycles. The number of piperidine rings is 1. The van der Waals surface area contributed by atoms with Gasteiger partial charge in [-0.3, -0.25) is 0 Å². The second kappa shape index (κ2) is 6.58. The Labute approximate surface area is 120 Å². The Morgan fingerprint density at radius 3 is 2.58 bits per heavy atom. The number of rotatable bonds is 5. The molecule has 2 rings (SSSR count). The van der Waals surface area contributed by atoms with Crippen molar-refractivity contribution in [1.29, 1.82) is 0 Å². The minimum atomic E-state index is 0.554. The van der Waals surface area contributed by atoms with E-state index in [0.29, 0.717) is 5.41 Å². The Morgan fingerprint density at radius 1 is 1.16 bits per heavy atom. The topological polar surface area (TPSA) is 15.3 Å². The van der Waals surface area contributed by atoms with Crippen LogP contribution in [0.2, 0.25) is 0 Å². The third-order valence-electron chi connectivity index (χ3n) is 5.30. The van der Waals surface area contributed by atoms with Crippen molar-refractivity contribution in [3.8, 4) is 0 Å². The molecular formula is C17H34N2. The molecule has 0 bridgehead atoms. The molecule has 2 fully saturated rings. The molecule has 2 nitrogen and oxygen atoms in total. The molecular weight excluding hydrogens is 232 g/mol. The first-order valence-electron chi connectivity index (χ1n) is 8.45. The minimum Gasteiger partial charge on any atom is -0.314 e. The van der Waals surface area contributed by atoms with Gasteiger partial charge >= 0.3 is 0 Å². The third-order valence-corrected chi connectivity index (χ3v) is 5.30. The average Bonchev–Trinajstić information content (AvgIpc) is 2.60. The third kappa shape index (κ3) is 4.46. The van der Waals surface area contributed by atoms with Crippen molar-refractivity contribution in [1.82, 2.24) is 10.2 Å². The Kier molecular flexibility index (Phi) is 5.30. The lowest BCUT2D eigenvalue weighted by atomic mass is 9.91. The largest absolute Gasteiger partial charge is 0.314 e. The second-order valence-electron chi connectivity index (χ2n) is 7.84. The van der Waals surface area contributed by atoms with E-state index in [-0.39, 0.29) is 0 Å². The normalized spacial score (nSPS) is 35.7. The highest BCUT2D eigenvalue weighted by molar-refractivity contribution is 4.91. The molecule has 2 heteroatoms. The molecule has 0 radical (unpaired) electrons. The molecule has 19 heavy (non-hydrogen) atoms. The summed E-state index contributed by atoms with van der Waals surface area (Å²) in [5.74, 6) is 0.851. The SMILES string of the molecule is CC1CC(C)(C)CC1NCCCN1CCCCC1C. The van der Waals surface area contributed by atoms with Crippen molar-refractivity contribution < 1.29 is 0 Å². The molecule has 0 aromatic heterocycles. The number of likely N-dealkylation sites (tertiary alicyclic amines) is 1. The van der Waals surface area contributed by atoms with Crippen LogP contribution >= 0.6 is 0 Å². The summed E-state index contributed by atoms with van der Waals surface area (Å²) in [6, 6.07) is 1.58. The van der Waals surface area contributed by atoms with Crippen molar-refractivity contribution in [2.45, 2.75) is 78.3 Å². The molecule has 1 saturated carbocycles. The molecule has 3 atom stereocenters. The van der Waals surface area contributed by atoms with Crippen LogP contribution in [0.15, 0.2) is 0 Å². The van der Waals surface area contributed by atoms with Crippen LogP contribution in [0.1, 0.15) is 66.2 Å². The highest BCUT2D eigenvalue weighted by Crippen LogP contribution is 2.40. The lowest BCUT2D eigenvalue weighted by Crippen LogP contribution is -2.40. The van der Waals surface area contributed by atoms with Crippen molar-refractivity contribution in [3.63, 3.8) is 0 Å². The quantitative estimate of drug-likeness (QED) is 0.764. The first-order chi connectivity index (χ1) is 8.98. The molecule has 0 spiro atoms. The first-order valence-corrected chi connectivity index (χ1v) is 8.45.